The summed E-state index contributed by atoms with van der Waals surface area (Å²) in [6, 6.07) is 17.2. The van der Waals surface area contributed by atoms with Gasteiger partial charge in [-0.25, -0.2) is 0 Å². The van der Waals surface area contributed by atoms with E-state index in [-0.39, 0.29) is 11.8 Å². The first kappa shape index (κ1) is 24.8. The number of carbonyl (C=O) groups excluding carboxylic acids is 2. The van der Waals surface area contributed by atoms with E-state index in [1.165, 1.54) is 0 Å². The standard InChI is InChI=1S/C25H34N2O3S/c1-5-23(25(29)26-15-19(2)3)27(16-20-9-7-6-8-10-20)24(28)18-31-17-21-11-13-22(30-4)14-12-21/h6-14,19,23H,5,15-18H2,1-4H3,(H,26,29)/t23-/m0/s1. The average molecular weight is 443 g/mol. The van der Waals surface area contributed by atoms with Crippen LogP contribution in [0.25, 0.3) is 0 Å². The van der Waals surface area contributed by atoms with Crippen LogP contribution in [0, 0.1) is 5.92 Å². The molecule has 1 N–H and O–H groups in total. The van der Waals surface area contributed by atoms with Crippen LogP contribution in [0.5, 0.6) is 5.75 Å². The third kappa shape index (κ3) is 8.29. The van der Waals surface area contributed by atoms with Gasteiger partial charge in [-0.1, -0.05) is 63.2 Å². The summed E-state index contributed by atoms with van der Waals surface area (Å²) in [5.41, 5.74) is 2.15. The number of amides is 2. The smallest absolute Gasteiger partial charge is 0.242 e. The van der Waals surface area contributed by atoms with Crippen molar-refractivity contribution >= 4 is 23.6 Å². The van der Waals surface area contributed by atoms with Crippen molar-refractivity contribution < 1.29 is 14.3 Å². The summed E-state index contributed by atoms with van der Waals surface area (Å²) in [6.07, 6.45) is 0.575. The molecule has 0 heterocycles. The number of nitrogens with zero attached hydrogens (tertiary/aromatic N) is 1. The van der Waals surface area contributed by atoms with Gasteiger partial charge in [-0.2, -0.15) is 0 Å². The van der Waals surface area contributed by atoms with Gasteiger partial charge in [-0.15, -0.1) is 11.8 Å². The highest BCUT2D eigenvalue weighted by Crippen LogP contribution is 2.19. The van der Waals surface area contributed by atoms with E-state index in [4.69, 9.17) is 4.74 Å². The highest BCUT2D eigenvalue weighted by Gasteiger charge is 2.28. The summed E-state index contributed by atoms with van der Waals surface area (Å²) in [5.74, 6) is 2.13. The van der Waals surface area contributed by atoms with Gasteiger partial charge in [0.2, 0.25) is 11.8 Å². The number of carbonyl (C=O) groups is 2. The van der Waals surface area contributed by atoms with E-state index in [1.54, 1.807) is 23.8 Å². The molecule has 0 saturated heterocycles. The molecule has 0 bridgehead atoms. The second-order valence-electron chi connectivity index (χ2n) is 7.91. The molecule has 0 aromatic heterocycles. The predicted molar refractivity (Wildman–Crippen MR) is 128 cm³/mol. The van der Waals surface area contributed by atoms with Crippen LogP contribution in [0.2, 0.25) is 0 Å². The fourth-order valence-electron chi connectivity index (χ4n) is 3.18. The average Bonchev–Trinajstić information content (AvgIpc) is 2.78. The minimum absolute atomic E-state index is 0.0195. The van der Waals surface area contributed by atoms with Crippen LogP contribution >= 0.6 is 11.8 Å². The van der Waals surface area contributed by atoms with Crippen molar-refractivity contribution in [1.29, 1.82) is 0 Å². The van der Waals surface area contributed by atoms with Crippen LogP contribution < -0.4 is 10.1 Å². The van der Waals surface area contributed by atoms with Crippen molar-refractivity contribution in [2.75, 3.05) is 19.4 Å². The Kier molecular flexibility index (Phi) is 10.4. The topological polar surface area (TPSA) is 58.6 Å². The summed E-state index contributed by atoms with van der Waals surface area (Å²) >= 11 is 1.56. The van der Waals surface area contributed by atoms with E-state index >= 15 is 0 Å². The molecule has 0 aliphatic carbocycles. The summed E-state index contributed by atoms with van der Waals surface area (Å²) in [5, 5.41) is 3.00. The molecule has 2 aromatic rings. The van der Waals surface area contributed by atoms with Crippen molar-refractivity contribution in [3.8, 4) is 5.75 Å². The molecule has 0 saturated carbocycles. The zero-order valence-corrected chi connectivity index (χ0v) is 19.8. The molecule has 1 atom stereocenters. The minimum Gasteiger partial charge on any atom is -0.497 e. The molecule has 0 fully saturated rings. The van der Waals surface area contributed by atoms with Crippen LogP contribution in [-0.4, -0.2) is 42.2 Å². The Balaban J connectivity index is 2.06. The quantitative estimate of drug-likeness (QED) is 0.525. The van der Waals surface area contributed by atoms with E-state index in [1.807, 2.05) is 61.5 Å². The number of hydrogen-bond acceptors (Lipinski definition) is 4. The Morgan fingerprint density at radius 3 is 2.29 bits per heavy atom. The highest BCUT2D eigenvalue weighted by molar-refractivity contribution is 7.99. The second-order valence-corrected chi connectivity index (χ2v) is 8.90. The van der Waals surface area contributed by atoms with Gasteiger partial charge in [0, 0.05) is 18.8 Å². The van der Waals surface area contributed by atoms with Gasteiger partial charge in [0.25, 0.3) is 0 Å². The Morgan fingerprint density at radius 1 is 1.03 bits per heavy atom. The minimum atomic E-state index is -0.479. The number of ether oxygens (including phenoxy) is 1. The number of thioether (sulfide) groups is 1. The number of nitrogens with one attached hydrogen (secondary N) is 1. The molecule has 0 spiro atoms. The van der Waals surface area contributed by atoms with Crippen LogP contribution in [0.1, 0.15) is 38.3 Å². The van der Waals surface area contributed by atoms with E-state index in [9.17, 15) is 9.59 Å². The lowest BCUT2D eigenvalue weighted by Gasteiger charge is -2.31. The molecule has 2 rings (SSSR count). The van der Waals surface area contributed by atoms with Gasteiger partial charge < -0.3 is 15.0 Å². The zero-order chi connectivity index (χ0) is 22.6. The monoisotopic (exact) mass is 442 g/mol. The molecule has 0 unspecified atom stereocenters. The van der Waals surface area contributed by atoms with E-state index in [2.05, 4.69) is 19.2 Å². The summed E-state index contributed by atoms with van der Waals surface area (Å²) in [7, 11) is 1.64. The first-order valence-corrected chi connectivity index (χ1v) is 11.9. The Labute approximate surface area is 190 Å². The maximum atomic E-state index is 13.2. The number of rotatable bonds is 12. The fourth-order valence-corrected chi connectivity index (χ4v) is 4.05. The normalized spacial score (nSPS) is 11.8. The maximum Gasteiger partial charge on any atom is 0.242 e. The lowest BCUT2D eigenvalue weighted by atomic mass is 10.1. The molecule has 6 heteroatoms. The molecule has 31 heavy (non-hydrogen) atoms. The Bertz CT molecular complexity index is 809. The lowest BCUT2D eigenvalue weighted by molar-refractivity contribution is -0.139. The van der Waals surface area contributed by atoms with Gasteiger partial charge >= 0.3 is 0 Å². The van der Waals surface area contributed by atoms with Crippen molar-refractivity contribution in [1.82, 2.24) is 10.2 Å². The number of methoxy groups -OCH3 is 1. The first-order valence-electron chi connectivity index (χ1n) is 10.8. The zero-order valence-electron chi connectivity index (χ0n) is 19.0. The molecule has 5 nitrogen and oxygen atoms in total. The molecular weight excluding hydrogens is 408 g/mol. The number of benzene rings is 2. The van der Waals surface area contributed by atoms with Crippen molar-refractivity contribution in [3.63, 3.8) is 0 Å². The van der Waals surface area contributed by atoms with Crippen molar-refractivity contribution in [2.24, 2.45) is 5.92 Å². The molecule has 0 radical (unpaired) electrons. The maximum absolute atomic E-state index is 13.2. The lowest BCUT2D eigenvalue weighted by Crippen LogP contribution is -2.50. The van der Waals surface area contributed by atoms with Crippen molar-refractivity contribution in [2.45, 2.75) is 45.5 Å². The largest absolute Gasteiger partial charge is 0.497 e. The van der Waals surface area contributed by atoms with Gasteiger partial charge in [0.05, 0.1) is 12.9 Å². The molecule has 2 aromatic carbocycles. The second kappa shape index (κ2) is 13.1. The Hall–Kier alpha value is -2.47. The first-order chi connectivity index (χ1) is 14.9. The van der Waals surface area contributed by atoms with Gasteiger partial charge in [-0.05, 0) is 35.6 Å². The van der Waals surface area contributed by atoms with Crippen LogP contribution in [-0.2, 0) is 21.9 Å². The molecule has 2 amide bonds. The van der Waals surface area contributed by atoms with Gasteiger partial charge in [0.1, 0.15) is 11.8 Å². The van der Waals surface area contributed by atoms with Gasteiger partial charge in [-0.3, -0.25) is 9.59 Å². The third-order valence-electron chi connectivity index (χ3n) is 4.92. The predicted octanol–water partition coefficient (Wildman–Crippen LogP) is 4.51. The van der Waals surface area contributed by atoms with Gasteiger partial charge in [0.15, 0.2) is 0 Å². The molecule has 168 valence electrons. The SMILES string of the molecule is CC[C@@H](C(=O)NCC(C)C)N(Cc1ccccc1)C(=O)CSCc1ccc(OC)cc1. The third-order valence-corrected chi connectivity index (χ3v) is 5.91. The molecule has 0 aliphatic heterocycles. The molecular formula is C25H34N2O3S. The van der Waals surface area contributed by atoms with E-state index < -0.39 is 6.04 Å². The van der Waals surface area contributed by atoms with E-state index in [0.717, 1.165) is 22.6 Å². The fraction of sp³-hybridized carbons (Fsp3) is 0.440. The summed E-state index contributed by atoms with van der Waals surface area (Å²) in [6.45, 7) is 7.11. The molecule has 0 aliphatic rings. The van der Waals surface area contributed by atoms with E-state index in [0.29, 0.717) is 31.2 Å². The summed E-state index contributed by atoms with van der Waals surface area (Å²) in [4.78, 5) is 27.8. The summed E-state index contributed by atoms with van der Waals surface area (Å²) < 4.78 is 5.19. The van der Waals surface area contributed by atoms with Crippen LogP contribution in [0.3, 0.4) is 0 Å². The van der Waals surface area contributed by atoms with Crippen LogP contribution in [0.4, 0.5) is 0 Å². The van der Waals surface area contributed by atoms with Crippen LogP contribution in [0.15, 0.2) is 54.6 Å². The number of hydrogen-bond donors (Lipinski definition) is 1. The Morgan fingerprint density at radius 2 is 1.71 bits per heavy atom. The van der Waals surface area contributed by atoms with Crippen molar-refractivity contribution in [3.05, 3.63) is 65.7 Å². The highest BCUT2D eigenvalue weighted by atomic mass is 32.2.